The van der Waals surface area contributed by atoms with E-state index in [0.29, 0.717) is 36.6 Å². The molecule has 2 unspecified atom stereocenters. The summed E-state index contributed by atoms with van der Waals surface area (Å²) in [6.07, 6.45) is 8.46. The van der Waals surface area contributed by atoms with Crippen molar-refractivity contribution < 1.29 is 18.4 Å². The van der Waals surface area contributed by atoms with E-state index in [1.165, 1.54) is 34.4 Å². The standard InChI is InChI=1S/C24H30FN3O.C23H28FN3O/c25-23-8-4-3-6-19(23)13-21(26)11-12-28-16-20-7-2-1-5-18(20)14-22(28)15-27-24(29)17-9-10-17;24-21-8-4-3-6-17(21)13-19(25)11-12-27-15-18-7-2-1-5-16(18)14-22(27)23(28)26-20-9-10-20/h1-8,17,21-22H,9-16,26H2,(H,27,29);1-8,19-20,22H,9-15,25H2,(H,26,28)/t21?,22-;19?,22-/m00/s1. The molecule has 2 aliphatic carbocycles. The van der Waals surface area contributed by atoms with Crippen LogP contribution in [0.3, 0.4) is 0 Å². The van der Waals surface area contributed by atoms with Gasteiger partial charge in [-0.15, -0.1) is 0 Å². The van der Waals surface area contributed by atoms with Gasteiger partial charge in [0, 0.05) is 62.8 Å². The molecule has 0 spiro atoms. The van der Waals surface area contributed by atoms with Gasteiger partial charge in [-0.3, -0.25) is 19.4 Å². The molecule has 2 aliphatic heterocycles. The molecule has 4 aromatic rings. The highest BCUT2D eigenvalue weighted by molar-refractivity contribution is 5.83. The Morgan fingerprint density at radius 1 is 0.632 bits per heavy atom. The zero-order chi connectivity index (χ0) is 39.7. The van der Waals surface area contributed by atoms with Crippen molar-refractivity contribution >= 4 is 11.8 Å². The number of fused-ring (bicyclic) bond motifs is 2. The number of carbonyl (C=O) groups is 2. The fourth-order valence-corrected chi connectivity index (χ4v) is 8.17. The van der Waals surface area contributed by atoms with Crippen LogP contribution in [0.25, 0.3) is 0 Å². The number of carbonyl (C=O) groups excluding carboxylic acids is 2. The van der Waals surface area contributed by atoms with Crippen molar-refractivity contribution in [1.82, 2.24) is 20.4 Å². The second-order valence-electron chi connectivity index (χ2n) is 16.5. The number of halogens is 2. The number of benzene rings is 4. The molecule has 2 saturated carbocycles. The van der Waals surface area contributed by atoms with E-state index in [4.69, 9.17) is 11.5 Å². The van der Waals surface area contributed by atoms with Crippen molar-refractivity contribution in [2.24, 2.45) is 17.4 Å². The summed E-state index contributed by atoms with van der Waals surface area (Å²) >= 11 is 0. The highest BCUT2D eigenvalue weighted by atomic mass is 19.1. The van der Waals surface area contributed by atoms with Gasteiger partial charge >= 0.3 is 0 Å². The van der Waals surface area contributed by atoms with Gasteiger partial charge in [-0.1, -0.05) is 84.9 Å². The second-order valence-corrected chi connectivity index (χ2v) is 16.5. The number of nitrogens with two attached hydrogens (primary N) is 2. The summed E-state index contributed by atoms with van der Waals surface area (Å²) < 4.78 is 27.8. The van der Waals surface area contributed by atoms with E-state index in [2.05, 4.69) is 56.8 Å². The lowest BCUT2D eigenvalue weighted by molar-refractivity contribution is -0.127. The Bertz CT molecular complexity index is 1970. The van der Waals surface area contributed by atoms with E-state index < -0.39 is 0 Å². The normalized spacial score (nSPS) is 20.3. The van der Waals surface area contributed by atoms with Gasteiger partial charge in [-0.2, -0.15) is 0 Å². The first-order chi connectivity index (χ1) is 27.7. The quantitative estimate of drug-likeness (QED) is 0.121. The highest BCUT2D eigenvalue weighted by Gasteiger charge is 2.35. The molecule has 2 fully saturated rings. The minimum atomic E-state index is -0.202. The minimum Gasteiger partial charge on any atom is -0.354 e. The Labute approximate surface area is 336 Å². The summed E-state index contributed by atoms with van der Waals surface area (Å²) in [6, 6.07) is 30.8. The number of hydrogen-bond donors (Lipinski definition) is 4. The lowest BCUT2D eigenvalue weighted by Crippen LogP contribution is -2.51. The van der Waals surface area contributed by atoms with Gasteiger partial charge in [0.2, 0.25) is 11.8 Å². The van der Waals surface area contributed by atoms with Crippen molar-refractivity contribution in [2.75, 3.05) is 19.6 Å². The van der Waals surface area contributed by atoms with Gasteiger partial charge in [-0.25, -0.2) is 8.78 Å². The Hall–Kier alpha value is -4.48. The fraction of sp³-hybridized carbons (Fsp3) is 0.447. The monoisotopic (exact) mass is 776 g/mol. The number of nitrogens with one attached hydrogen (secondary N) is 2. The molecule has 6 N–H and O–H groups in total. The third-order valence-corrected chi connectivity index (χ3v) is 12.0. The average molecular weight is 777 g/mol. The van der Waals surface area contributed by atoms with Gasteiger partial charge < -0.3 is 22.1 Å². The van der Waals surface area contributed by atoms with Crippen LogP contribution in [-0.4, -0.2) is 71.5 Å². The fourth-order valence-electron chi connectivity index (χ4n) is 8.17. The molecule has 0 radical (unpaired) electrons. The molecule has 2 heterocycles. The molecule has 57 heavy (non-hydrogen) atoms. The first kappa shape index (κ1) is 40.7. The van der Waals surface area contributed by atoms with E-state index in [1.807, 2.05) is 30.3 Å². The maximum atomic E-state index is 13.9. The smallest absolute Gasteiger partial charge is 0.237 e. The van der Waals surface area contributed by atoms with Gasteiger partial charge in [0.05, 0.1) is 6.04 Å². The maximum absolute atomic E-state index is 13.9. The summed E-state index contributed by atoms with van der Waals surface area (Å²) in [5, 5.41) is 6.31. The van der Waals surface area contributed by atoms with Gasteiger partial charge in [-0.05, 0) is 110 Å². The van der Waals surface area contributed by atoms with Crippen molar-refractivity contribution in [3.05, 3.63) is 142 Å². The first-order valence-electron chi connectivity index (χ1n) is 20.9. The van der Waals surface area contributed by atoms with Crippen LogP contribution in [0.4, 0.5) is 8.78 Å². The number of rotatable bonds is 15. The zero-order valence-electron chi connectivity index (χ0n) is 32.9. The van der Waals surface area contributed by atoms with Crippen molar-refractivity contribution in [2.45, 2.75) is 108 Å². The Kier molecular flexibility index (Phi) is 13.8. The van der Waals surface area contributed by atoms with Crippen LogP contribution in [0, 0.1) is 17.6 Å². The van der Waals surface area contributed by atoms with E-state index >= 15 is 0 Å². The SMILES string of the molecule is NC(CCN1Cc2ccccc2C[C@H]1C(=O)NC1CC1)Cc1ccccc1F.NC(CCN1Cc2ccccc2C[C@H]1CNC(=O)C1CC1)Cc1ccccc1F. The van der Waals surface area contributed by atoms with Gasteiger partial charge in [0.15, 0.2) is 0 Å². The van der Waals surface area contributed by atoms with Crippen LogP contribution in [0.1, 0.15) is 71.9 Å². The van der Waals surface area contributed by atoms with Gasteiger partial charge in [0.1, 0.15) is 11.6 Å². The van der Waals surface area contributed by atoms with Crippen molar-refractivity contribution in [1.29, 1.82) is 0 Å². The van der Waals surface area contributed by atoms with Gasteiger partial charge in [0.25, 0.3) is 0 Å². The number of hydrogen-bond acceptors (Lipinski definition) is 6. The third kappa shape index (κ3) is 11.6. The van der Waals surface area contributed by atoms with E-state index in [-0.39, 0.29) is 53.5 Å². The van der Waals surface area contributed by atoms with E-state index in [1.54, 1.807) is 18.2 Å². The molecule has 4 aromatic carbocycles. The third-order valence-electron chi connectivity index (χ3n) is 12.0. The van der Waals surface area contributed by atoms with Crippen LogP contribution >= 0.6 is 0 Å². The molecule has 4 aliphatic rings. The molecule has 8 nitrogen and oxygen atoms in total. The lowest BCUT2D eigenvalue weighted by Gasteiger charge is -2.37. The van der Waals surface area contributed by atoms with Crippen LogP contribution in [0.5, 0.6) is 0 Å². The molecular formula is C47H58F2N6O2. The summed E-state index contributed by atoms with van der Waals surface area (Å²) in [4.78, 5) is 29.6. The summed E-state index contributed by atoms with van der Waals surface area (Å²) in [7, 11) is 0. The molecule has 0 saturated heterocycles. The number of amides is 2. The summed E-state index contributed by atoms with van der Waals surface area (Å²) in [5.74, 6) is 0.162. The van der Waals surface area contributed by atoms with Crippen LogP contribution in [0.2, 0.25) is 0 Å². The Morgan fingerprint density at radius 3 is 1.67 bits per heavy atom. The molecule has 2 amide bonds. The molecule has 10 heteroatoms. The second kappa shape index (κ2) is 19.3. The van der Waals surface area contributed by atoms with Crippen molar-refractivity contribution in [3.8, 4) is 0 Å². The Morgan fingerprint density at radius 2 is 1.12 bits per heavy atom. The summed E-state index contributed by atoms with van der Waals surface area (Å²) in [6.45, 7) is 3.87. The maximum Gasteiger partial charge on any atom is 0.237 e. The number of nitrogens with zero attached hydrogens (tertiary/aromatic N) is 2. The largest absolute Gasteiger partial charge is 0.354 e. The average Bonchev–Trinajstić information content (AvgIpc) is 4.16. The highest BCUT2D eigenvalue weighted by Crippen LogP contribution is 2.30. The van der Waals surface area contributed by atoms with Crippen LogP contribution < -0.4 is 22.1 Å². The molecule has 0 bridgehead atoms. The predicted octanol–water partition coefficient (Wildman–Crippen LogP) is 5.83. The zero-order valence-corrected chi connectivity index (χ0v) is 32.9. The minimum absolute atomic E-state index is 0.0919. The Balaban J connectivity index is 0.000000174. The first-order valence-corrected chi connectivity index (χ1v) is 20.9. The van der Waals surface area contributed by atoms with Crippen LogP contribution in [-0.2, 0) is 48.4 Å². The molecule has 0 aromatic heterocycles. The molecule has 4 atom stereocenters. The predicted molar refractivity (Wildman–Crippen MR) is 221 cm³/mol. The topological polar surface area (TPSA) is 117 Å². The van der Waals surface area contributed by atoms with E-state index in [9.17, 15) is 18.4 Å². The van der Waals surface area contributed by atoms with E-state index in [0.717, 1.165) is 77.5 Å². The molecule has 302 valence electrons. The van der Waals surface area contributed by atoms with Crippen LogP contribution in [0.15, 0.2) is 97.1 Å². The summed E-state index contributed by atoms with van der Waals surface area (Å²) in [5.41, 5.74) is 19.2. The van der Waals surface area contributed by atoms with Crippen molar-refractivity contribution in [3.63, 3.8) is 0 Å². The molecule has 8 rings (SSSR count). The lowest BCUT2D eigenvalue weighted by atomic mass is 9.92. The molecular weight excluding hydrogens is 719 g/mol.